The summed E-state index contributed by atoms with van der Waals surface area (Å²) in [5, 5.41) is 5.65. The molecular weight excluding hydrogens is 447 g/mol. The molecule has 0 aliphatic carbocycles. The second-order valence-electron chi connectivity index (χ2n) is 5.90. The van der Waals surface area contributed by atoms with E-state index in [4.69, 9.17) is 26.8 Å². The zero-order chi connectivity index (χ0) is 23.1. The van der Waals surface area contributed by atoms with Gasteiger partial charge in [-0.1, -0.05) is 23.8 Å². The number of pyridine rings is 1. The summed E-state index contributed by atoms with van der Waals surface area (Å²) >= 11 is 10.6. The summed E-state index contributed by atoms with van der Waals surface area (Å²) in [6.07, 6.45) is 3.80. The van der Waals surface area contributed by atoms with Gasteiger partial charge in [0.25, 0.3) is 5.88 Å². The Balaban J connectivity index is 0.000000592. The van der Waals surface area contributed by atoms with E-state index in [1.807, 2.05) is 7.05 Å². The molecule has 0 amide bonds. The Morgan fingerprint density at radius 1 is 1.35 bits per heavy atom. The predicted octanol–water partition coefficient (Wildman–Crippen LogP) is 3.53. The van der Waals surface area contributed by atoms with Crippen molar-refractivity contribution in [2.24, 2.45) is 5.73 Å². The van der Waals surface area contributed by atoms with E-state index in [-0.39, 0.29) is 34.7 Å². The van der Waals surface area contributed by atoms with Gasteiger partial charge in [0.2, 0.25) is 0 Å². The maximum atomic E-state index is 13.7. The molecule has 0 spiro atoms. The highest BCUT2D eigenvalue weighted by atomic mass is 35.5. The number of nitrogens with zero attached hydrogens (tertiary/aromatic N) is 1. The van der Waals surface area contributed by atoms with Crippen molar-refractivity contribution in [2.75, 3.05) is 39.2 Å². The number of unbranched alkanes of at least 4 members (excludes halogenated alkanes) is 1. The van der Waals surface area contributed by atoms with Gasteiger partial charge in [0.1, 0.15) is 11.6 Å². The lowest BCUT2D eigenvalue weighted by Crippen LogP contribution is -2.13. The molecule has 0 saturated carbocycles. The second-order valence-corrected chi connectivity index (χ2v) is 6.54. The first-order chi connectivity index (χ1) is 15.0. The van der Waals surface area contributed by atoms with E-state index in [1.54, 1.807) is 12.1 Å². The molecule has 0 unspecified atom stereocenters. The fraction of sp³-hybridized carbons (Fsp3) is 0.350. The summed E-state index contributed by atoms with van der Waals surface area (Å²) in [6.45, 7) is 1.58. The molecule has 0 bridgehead atoms. The maximum Gasteiger partial charge on any atom is 0.343 e. The van der Waals surface area contributed by atoms with Gasteiger partial charge in [0.05, 0.1) is 23.3 Å². The number of hydrogen-bond acceptors (Lipinski definition) is 8. The quantitative estimate of drug-likeness (QED) is 0.257. The molecule has 1 aromatic heterocycles. The summed E-state index contributed by atoms with van der Waals surface area (Å²) in [6, 6.07) is 5.60. The number of anilines is 1. The van der Waals surface area contributed by atoms with Crippen LogP contribution in [0.1, 0.15) is 12.8 Å². The number of halogens is 2. The number of nitrogens with two attached hydrogens (primary N) is 1. The number of carbonyl (C=O) groups excluding carboxylic acids is 1. The zero-order valence-corrected chi connectivity index (χ0v) is 18.9. The van der Waals surface area contributed by atoms with E-state index >= 15 is 0 Å². The van der Waals surface area contributed by atoms with E-state index < -0.39 is 11.8 Å². The minimum atomic E-state index is -0.582. The molecule has 0 atom stereocenters. The van der Waals surface area contributed by atoms with E-state index in [2.05, 4.69) is 32.6 Å². The first kappa shape index (κ1) is 26.5. The van der Waals surface area contributed by atoms with Gasteiger partial charge in [-0.15, -0.1) is 0 Å². The van der Waals surface area contributed by atoms with Crippen LogP contribution in [0.3, 0.4) is 0 Å². The largest absolute Gasteiger partial charge is 0.466 e. The summed E-state index contributed by atoms with van der Waals surface area (Å²) in [4.78, 5) is 15.1. The molecule has 31 heavy (non-hydrogen) atoms. The Labute approximate surface area is 191 Å². The van der Waals surface area contributed by atoms with Crippen LogP contribution in [0.4, 0.5) is 10.1 Å². The first-order valence-electron chi connectivity index (χ1n) is 9.33. The lowest BCUT2D eigenvalue weighted by molar-refractivity contribution is -0.143. The number of rotatable bonds is 11. The first-order valence-corrected chi connectivity index (χ1v) is 10.2. The Morgan fingerprint density at radius 3 is 2.77 bits per heavy atom. The maximum absolute atomic E-state index is 13.7. The zero-order valence-electron chi connectivity index (χ0n) is 17.3. The van der Waals surface area contributed by atoms with Crippen LogP contribution in [0.25, 0.3) is 0 Å². The van der Waals surface area contributed by atoms with Crippen LogP contribution in [0.2, 0.25) is 5.02 Å². The molecule has 0 fully saturated rings. The lowest BCUT2D eigenvalue weighted by atomic mass is 10.3. The number of hydrogen-bond donors (Lipinski definition) is 3. The second kappa shape index (κ2) is 15.3. The Bertz CT molecular complexity index is 841. The standard InChI is InChI=1S/C15H12ClFN2O4S.C5H14N2/c1-21-14(20)7-22-15-12(3-2-4-18-15)23-13-6-11(19-8-24)10(17)5-9(13)16;1-7-5-3-2-4-6/h2-6,8H,7H2,1H3,(H,19,24);7H,2-6H2,1H3. The van der Waals surface area contributed by atoms with E-state index in [0.29, 0.717) is 0 Å². The van der Waals surface area contributed by atoms with Gasteiger partial charge in [-0.2, -0.15) is 0 Å². The van der Waals surface area contributed by atoms with Gasteiger partial charge < -0.3 is 30.6 Å². The minimum Gasteiger partial charge on any atom is -0.466 e. The van der Waals surface area contributed by atoms with Crippen molar-refractivity contribution in [1.82, 2.24) is 10.3 Å². The summed E-state index contributed by atoms with van der Waals surface area (Å²) in [7, 11) is 3.20. The van der Waals surface area contributed by atoms with Gasteiger partial charge in [0, 0.05) is 12.3 Å². The molecule has 2 rings (SSSR count). The highest BCUT2D eigenvalue weighted by Crippen LogP contribution is 2.36. The Morgan fingerprint density at radius 2 is 2.13 bits per heavy atom. The molecule has 170 valence electrons. The van der Waals surface area contributed by atoms with Crippen molar-refractivity contribution in [2.45, 2.75) is 12.8 Å². The van der Waals surface area contributed by atoms with Gasteiger partial charge in [-0.25, -0.2) is 14.2 Å². The molecule has 0 aliphatic heterocycles. The molecule has 1 aromatic carbocycles. The molecule has 0 saturated heterocycles. The van der Waals surface area contributed by atoms with Crippen molar-refractivity contribution in [1.29, 1.82) is 0 Å². The summed E-state index contributed by atoms with van der Waals surface area (Å²) in [5.41, 5.74) is 6.50. The average Bonchev–Trinajstić information content (AvgIpc) is 2.77. The van der Waals surface area contributed by atoms with Crippen molar-refractivity contribution < 1.29 is 23.4 Å². The van der Waals surface area contributed by atoms with Crippen LogP contribution < -0.4 is 25.8 Å². The van der Waals surface area contributed by atoms with E-state index in [0.717, 1.165) is 31.1 Å². The van der Waals surface area contributed by atoms with Gasteiger partial charge >= 0.3 is 5.97 Å². The lowest BCUT2D eigenvalue weighted by Gasteiger charge is -2.13. The van der Waals surface area contributed by atoms with Crippen molar-refractivity contribution >= 4 is 41.0 Å². The van der Waals surface area contributed by atoms with Crippen LogP contribution in [-0.4, -0.2) is 50.3 Å². The molecule has 2 aromatic rings. The van der Waals surface area contributed by atoms with Crippen LogP contribution >= 0.6 is 23.8 Å². The van der Waals surface area contributed by atoms with Gasteiger partial charge in [-0.05, 0) is 51.2 Å². The molecule has 0 aliphatic rings. The third kappa shape index (κ3) is 9.88. The number of thiocarbonyl (C=S) groups is 1. The van der Waals surface area contributed by atoms with Crippen molar-refractivity contribution in [3.63, 3.8) is 0 Å². The number of esters is 1. The third-order valence-electron chi connectivity index (χ3n) is 3.63. The molecular formula is C20H26ClFN4O4S. The Hall–Kier alpha value is -2.53. The average molecular weight is 473 g/mol. The number of aromatic nitrogens is 1. The van der Waals surface area contributed by atoms with E-state index in [1.165, 1.54) is 25.8 Å². The molecule has 8 nitrogen and oxygen atoms in total. The number of methoxy groups -OCH3 is 1. The molecule has 11 heteroatoms. The molecule has 1 heterocycles. The third-order valence-corrected chi connectivity index (χ3v) is 4.04. The van der Waals surface area contributed by atoms with Crippen LogP contribution in [0, 0.1) is 5.82 Å². The molecule has 0 radical (unpaired) electrons. The highest BCUT2D eigenvalue weighted by molar-refractivity contribution is 7.79. The number of carbonyl (C=O) groups is 1. The smallest absolute Gasteiger partial charge is 0.343 e. The number of ether oxygens (including phenoxy) is 3. The monoisotopic (exact) mass is 472 g/mol. The van der Waals surface area contributed by atoms with E-state index in [9.17, 15) is 9.18 Å². The van der Waals surface area contributed by atoms with Crippen LogP contribution in [-0.2, 0) is 9.53 Å². The SMILES string of the molecule is CNCCCCN.COC(=O)COc1ncccc1Oc1cc(NC=S)c(F)cc1Cl. The fourth-order valence-electron chi connectivity index (χ4n) is 2.09. The van der Waals surface area contributed by atoms with Gasteiger partial charge in [-0.3, -0.25) is 0 Å². The Kier molecular flexibility index (Phi) is 13.1. The molecule has 4 N–H and O–H groups in total. The summed E-state index contributed by atoms with van der Waals surface area (Å²) < 4.78 is 29.1. The topological polar surface area (TPSA) is 108 Å². The predicted molar refractivity (Wildman–Crippen MR) is 123 cm³/mol. The van der Waals surface area contributed by atoms with Crippen LogP contribution in [0.15, 0.2) is 30.5 Å². The van der Waals surface area contributed by atoms with Crippen molar-refractivity contribution in [3.8, 4) is 17.4 Å². The van der Waals surface area contributed by atoms with Gasteiger partial charge in [0.15, 0.2) is 12.4 Å². The van der Waals surface area contributed by atoms with Crippen LogP contribution in [0.5, 0.6) is 17.4 Å². The number of nitrogens with one attached hydrogen (secondary N) is 2. The minimum absolute atomic E-state index is 0.0465. The fourth-order valence-corrected chi connectivity index (χ4v) is 2.41. The normalized spacial score (nSPS) is 9.84. The van der Waals surface area contributed by atoms with Crippen molar-refractivity contribution in [3.05, 3.63) is 41.3 Å². The highest BCUT2D eigenvalue weighted by Gasteiger charge is 2.14. The summed E-state index contributed by atoms with van der Waals surface area (Å²) in [5.74, 6) is -0.732. The number of benzene rings is 1.